The molecule has 0 radical (unpaired) electrons. The number of halogens is 1. The van der Waals surface area contributed by atoms with Gasteiger partial charge in [-0.1, -0.05) is 0 Å². The first-order valence-corrected chi connectivity index (χ1v) is 4.42. The van der Waals surface area contributed by atoms with Crippen LogP contribution in [0, 0.1) is 14.9 Å². The van der Waals surface area contributed by atoms with Crippen molar-refractivity contribution in [2.75, 3.05) is 0 Å². The molecule has 0 bridgehead atoms. The molecule has 0 fully saturated rings. The maximum atomic E-state index is 8.75. The first-order valence-electron chi connectivity index (χ1n) is 3.34. The maximum Gasteiger partial charge on any atom is 0.150 e. The Kier molecular flexibility index (Phi) is 1.73. The molecule has 2 aromatic heterocycles. The van der Waals surface area contributed by atoms with Crippen molar-refractivity contribution in [1.82, 2.24) is 9.97 Å². The first-order chi connectivity index (χ1) is 5.83. The summed E-state index contributed by atoms with van der Waals surface area (Å²) in [6, 6.07) is 3.92. The Morgan fingerprint density at radius 2 is 2.42 bits per heavy atom. The zero-order valence-electron chi connectivity index (χ0n) is 6.00. The number of aromatic amines is 1. The van der Waals surface area contributed by atoms with Crippen molar-refractivity contribution in [3.63, 3.8) is 0 Å². The highest BCUT2D eigenvalue weighted by atomic mass is 127. The van der Waals surface area contributed by atoms with E-state index in [0.29, 0.717) is 5.69 Å². The molecule has 3 nitrogen and oxygen atoms in total. The molecule has 12 heavy (non-hydrogen) atoms. The molecular weight excluding hydrogens is 265 g/mol. The fraction of sp³-hybridized carbons (Fsp3) is 0. The highest BCUT2D eigenvalue weighted by molar-refractivity contribution is 14.1. The van der Waals surface area contributed by atoms with Crippen LogP contribution in [-0.4, -0.2) is 9.97 Å². The molecule has 0 saturated carbocycles. The van der Waals surface area contributed by atoms with E-state index < -0.39 is 0 Å². The number of rotatable bonds is 0. The van der Waals surface area contributed by atoms with E-state index in [9.17, 15) is 0 Å². The Bertz CT molecular complexity index is 467. The zero-order chi connectivity index (χ0) is 8.55. The molecule has 0 unspecified atom stereocenters. The quantitative estimate of drug-likeness (QED) is 0.744. The molecule has 0 saturated heterocycles. The van der Waals surface area contributed by atoms with Crippen LogP contribution in [0.5, 0.6) is 0 Å². The van der Waals surface area contributed by atoms with E-state index >= 15 is 0 Å². The van der Waals surface area contributed by atoms with Crippen LogP contribution in [0.4, 0.5) is 0 Å². The maximum absolute atomic E-state index is 8.75. The number of nitrogens with one attached hydrogen (secondary N) is 1. The number of hydrogen-bond acceptors (Lipinski definition) is 2. The summed E-state index contributed by atoms with van der Waals surface area (Å²) in [5.74, 6) is 0. The monoisotopic (exact) mass is 269 g/mol. The number of nitriles is 1. The molecule has 0 amide bonds. The fourth-order valence-electron chi connectivity index (χ4n) is 1.12. The lowest BCUT2D eigenvalue weighted by molar-refractivity contribution is 1.29. The second-order valence-electron chi connectivity index (χ2n) is 2.33. The van der Waals surface area contributed by atoms with Gasteiger partial charge >= 0.3 is 0 Å². The van der Waals surface area contributed by atoms with Crippen molar-refractivity contribution in [1.29, 1.82) is 5.26 Å². The van der Waals surface area contributed by atoms with Gasteiger partial charge in [-0.05, 0) is 28.7 Å². The van der Waals surface area contributed by atoms with E-state index in [4.69, 9.17) is 5.26 Å². The molecular formula is C8H4IN3. The van der Waals surface area contributed by atoms with Crippen molar-refractivity contribution < 1.29 is 0 Å². The average Bonchev–Trinajstić information content (AvgIpc) is 2.48. The number of pyridine rings is 1. The smallest absolute Gasteiger partial charge is 0.150 e. The van der Waals surface area contributed by atoms with Crippen LogP contribution in [0.25, 0.3) is 10.9 Å². The van der Waals surface area contributed by atoms with Gasteiger partial charge in [-0.25, -0.2) is 4.98 Å². The summed E-state index contributed by atoms with van der Waals surface area (Å²) in [6.07, 6.45) is 3.50. The Balaban J connectivity index is 2.96. The van der Waals surface area contributed by atoms with Crippen LogP contribution in [-0.2, 0) is 0 Å². The molecule has 2 heterocycles. The van der Waals surface area contributed by atoms with Crippen molar-refractivity contribution in [2.24, 2.45) is 0 Å². The third kappa shape index (κ3) is 0.975. The van der Waals surface area contributed by atoms with Crippen molar-refractivity contribution in [2.45, 2.75) is 0 Å². The predicted molar refractivity (Wildman–Crippen MR) is 53.5 cm³/mol. The Morgan fingerprint density at radius 3 is 3.17 bits per heavy atom. The minimum atomic E-state index is 0.484. The fourth-order valence-corrected chi connectivity index (χ4v) is 1.82. The summed E-state index contributed by atoms with van der Waals surface area (Å²) < 4.78 is 1.03. The van der Waals surface area contributed by atoms with Crippen molar-refractivity contribution in [3.05, 3.63) is 27.7 Å². The highest BCUT2D eigenvalue weighted by Gasteiger charge is 2.05. The Morgan fingerprint density at radius 1 is 1.58 bits per heavy atom. The zero-order valence-corrected chi connectivity index (χ0v) is 8.16. The van der Waals surface area contributed by atoms with Crippen LogP contribution in [0.2, 0.25) is 0 Å². The van der Waals surface area contributed by atoms with E-state index in [1.165, 1.54) is 0 Å². The van der Waals surface area contributed by atoms with Crippen LogP contribution in [0.1, 0.15) is 5.69 Å². The third-order valence-corrected chi connectivity index (χ3v) is 2.50. The summed E-state index contributed by atoms with van der Waals surface area (Å²) >= 11 is 2.18. The highest BCUT2D eigenvalue weighted by Crippen LogP contribution is 2.21. The molecule has 0 aliphatic carbocycles. The lowest BCUT2D eigenvalue weighted by Crippen LogP contribution is -1.82. The molecule has 2 rings (SSSR count). The summed E-state index contributed by atoms with van der Waals surface area (Å²) in [6.45, 7) is 0. The molecule has 0 aliphatic rings. The normalized spacial score (nSPS) is 10.0. The molecule has 58 valence electrons. The number of fused-ring (bicyclic) bond motifs is 1. The van der Waals surface area contributed by atoms with Crippen molar-refractivity contribution >= 4 is 33.5 Å². The topological polar surface area (TPSA) is 52.5 Å². The Labute approximate surface area is 82.6 Å². The standard InChI is InChI=1S/C8H4IN3/c9-5-4-12-6-1-2-11-7(3-10)8(5)6/h1-2,4,12H. The largest absolute Gasteiger partial charge is 0.360 e. The molecule has 4 heteroatoms. The molecule has 1 N–H and O–H groups in total. The predicted octanol–water partition coefficient (Wildman–Crippen LogP) is 2.04. The molecule has 0 spiro atoms. The van der Waals surface area contributed by atoms with Gasteiger partial charge in [-0.15, -0.1) is 0 Å². The summed E-state index contributed by atoms with van der Waals surface area (Å²) in [7, 11) is 0. The van der Waals surface area contributed by atoms with Gasteiger partial charge in [0.25, 0.3) is 0 Å². The van der Waals surface area contributed by atoms with Gasteiger partial charge in [-0.2, -0.15) is 5.26 Å². The van der Waals surface area contributed by atoms with Crippen LogP contribution in [0.15, 0.2) is 18.5 Å². The summed E-state index contributed by atoms with van der Waals surface area (Å²) in [4.78, 5) is 7.04. The number of nitrogens with zero attached hydrogens (tertiary/aromatic N) is 2. The van der Waals surface area contributed by atoms with Gasteiger partial charge < -0.3 is 4.98 Å². The van der Waals surface area contributed by atoms with E-state index in [1.54, 1.807) is 6.20 Å². The number of aromatic nitrogens is 2. The van der Waals surface area contributed by atoms with E-state index in [1.807, 2.05) is 12.3 Å². The van der Waals surface area contributed by atoms with Gasteiger partial charge in [0.2, 0.25) is 0 Å². The average molecular weight is 269 g/mol. The third-order valence-electron chi connectivity index (χ3n) is 1.65. The second kappa shape index (κ2) is 2.75. The Hall–Kier alpha value is -1.09. The number of H-pyrrole nitrogens is 1. The van der Waals surface area contributed by atoms with E-state index in [2.05, 4.69) is 38.6 Å². The molecule has 2 aromatic rings. The first kappa shape index (κ1) is 7.55. The number of hydrogen-bond donors (Lipinski definition) is 1. The van der Waals surface area contributed by atoms with E-state index in [0.717, 1.165) is 14.5 Å². The lowest BCUT2D eigenvalue weighted by atomic mass is 10.2. The second-order valence-corrected chi connectivity index (χ2v) is 3.49. The molecule has 0 aromatic carbocycles. The van der Waals surface area contributed by atoms with Gasteiger partial charge in [0.15, 0.2) is 5.69 Å². The lowest BCUT2D eigenvalue weighted by Gasteiger charge is -1.91. The van der Waals surface area contributed by atoms with E-state index in [-0.39, 0.29) is 0 Å². The van der Waals surface area contributed by atoms with Gasteiger partial charge in [-0.3, -0.25) is 0 Å². The molecule has 0 aliphatic heterocycles. The van der Waals surface area contributed by atoms with Gasteiger partial charge in [0, 0.05) is 21.4 Å². The van der Waals surface area contributed by atoms with Crippen LogP contribution >= 0.6 is 22.6 Å². The van der Waals surface area contributed by atoms with Crippen LogP contribution in [0.3, 0.4) is 0 Å². The van der Waals surface area contributed by atoms with Crippen LogP contribution < -0.4 is 0 Å². The van der Waals surface area contributed by atoms with Gasteiger partial charge in [0.05, 0.1) is 5.52 Å². The summed E-state index contributed by atoms with van der Waals surface area (Å²) in [5, 5.41) is 9.67. The minimum Gasteiger partial charge on any atom is -0.360 e. The van der Waals surface area contributed by atoms with Crippen molar-refractivity contribution in [3.8, 4) is 6.07 Å². The SMILES string of the molecule is N#Cc1nccc2[nH]cc(I)c12. The minimum absolute atomic E-state index is 0.484. The summed E-state index contributed by atoms with van der Waals surface area (Å²) in [5.41, 5.74) is 1.45. The van der Waals surface area contributed by atoms with Gasteiger partial charge in [0.1, 0.15) is 6.07 Å². The molecule has 0 atom stereocenters.